The fourth-order valence-corrected chi connectivity index (χ4v) is 0.992. The van der Waals surface area contributed by atoms with E-state index in [0.29, 0.717) is 10.0 Å². The quantitative estimate of drug-likeness (QED) is 0.557. The van der Waals surface area contributed by atoms with Crippen LogP contribution in [0.15, 0.2) is 0 Å². The van der Waals surface area contributed by atoms with Crippen LogP contribution in [0.1, 0.15) is 10.0 Å². The van der Waals surface area contributed by atoms with E-state index in [0.717, 1.165) is 11.3 Å². The van der Waals surface area contributed by atoms with Crippen molar-refractivity contribution in [2.45, 2.75) is 6.54 Å². The maximum Gasteiger partial charge on any atom is 0.267 e. The molecule has 4 nitrogen and oxygen atoms in total. The van der Waals surface area contributed by atoms with Gasteiger partial charge in [-0.05, 0) is 0 Å². The fourth-order valence-electron chi connectivity index (χ4n) is 0.430. The molecule has 48 valence electrons. The molecule has 1 aromatic rings. The summed E-state index contributed by atoms with van der Waals surface area (Å²) in [4.78, 5) is 3.10. The van der Waals surface area contributed by atoms with E-state index in [1.807, 2.05) is 6.07 Å². The second-order valence-corrected chi connectivity index (χ2v) is 2.49. The van der Waals surface area contributed by atoms with Crippen molar-refractivity contribution in [3.63, 3.8) is 0 Å². The zero-order valence-electron chi connectivity index (χ0n) is 4.90. The Labute approximate surface area is 61.6 Å². The Hall–Kier alpha value is -1.46. The van der Waals surface area contributed by atoms with Gasteiger partial charge in [-0.25, -0.2) is 6.57 Å². The van der Waals surface area contributed by atoms with Crippen LogP contribution >= 0.6 is 11.3 Å². The lowest BCUT2D eigenvalue weighted by molar-refractivity contribution is 1.01. The second kappa shape index (κ2) is 2.90. The Morgan fingerprint density at radius 2 is 2.50 bits per heavy atom. The highest BCUT2D eigenvalue weighted by atomic mass is 32.1. The van der Waals surface area contributed by atoms with Crippen LogP contribution in [-0.4, -0.2) is 10.2 Å². The van der Waals surface area contributed by atoms with Crippen molar-refractivity contribution in [1.82, 2.24) is 10.2 Å². The molecule has 0 atom stereocenters. The first-order valence-corrected chi connectivity index (χ1v) is 3.24. The van der Waals surface area contributed by atoms with Crippen LogP contribution in [0.3, 0.4) is 0 Å². The van der Waals surface area contributed by atoms with Gasteiger partial charge in [-0.1, -0.05) is 11.3 Å². The smallest absolute Gasteiger partial charge is 0.267 e. The van der Waals surface area contributed by atoms with Gasteiger partial charge in [0.15, 0.2) is 5.01 Å². The summed E-state index contributed by atoms with van der Waals surface area (Å²) < 4.78 is 0. The van der Waals surface area contributed by atoms with Crippen molar-refractivity contribution in [3.05, 3.63) is 21.4 Å². The predicted octanol–water partition coefficient (Wildman–Crippen LogP) is 0.829. The molecule has 5 heteroatoms. The maximum absolute atomic E-state index is 8.30. The van der Waals surface area contributed by atoms with Gasteiger partial charge < -0.3 is 4.85 Å². The summed E-state index contributed by atoms with van der Waals surface area (Å²) in [6.45, 7) is 6.71. The molecule has 10 heavy (non-hydrogen) atoms. The van der Waals surface area contributed by atoms with Crippen molar-refractivity contribution in [1.29, 1.82) is 5.26 Å². The summed E-state index contributed by atoms with van der Waals surface area (Å²) in [6, 6.07) is 1.85. The molecule has 1 heterocycles. The van der Waals surface area contributed by atoms with Gasteiger partial charge in [0.25, 0.3) is 6.54 Å². The van der Waals surface area contributed by atoms with E-state index in [-0.39, 0.29) is 6.54 Å². The second-order valence-electron chi connectivity index (χ2n) is 1.43. The molecular weight excluding hydrogens is 148 g/mol. The molecule has 0 amide bonds. The molecule has 0 aliphatic carbocycles. The third-order valence-electron chi connectivity index (χ3n) is 0.777. The largest absolute Gasteiger partial charge is 0.309 e. The van der Waals surface area contributed by atoms with E-state index >= 15 is 0 Å². The molecular formula is C5H2N4S. The summed E-state index contributed by atoms with van der Waals surface area (Å²) in [5.74, 6) is 0. The van der Waals surface area contributed by atoms with Crippen molar-refractivity contribution in [3.8, 4) is 6.07 Å². The van der Waals surface area contributed by atoms with Gasteiger partial charge in [-0.15, -0.1) is 10.2 Å². The monoisotopic (exact) mass is 150 g/mol. The third kappa shape index (κ3) is 1.28. The van der Waals surface area contributed by atoms with Crippen LogP contribution in [-0.2, 0) is 6.54 Å². The highest BCUT2D eigenvalue weighted by Gasteiger charge is 2.03. The van der Waals surface area contributed by atoms with E-state index in [2.05, 4.69) is 15.0 Å². The molecule has 0 saturated carbocycles. The van der Waals surface area contributed by atoms with Crippen LogP contribution in [0, 0.1) is 17.9 Å². The molecule has 1 aromatic heterocycles. The lowest BCUT2D eigenvalue weighted by atomic mass is 10.7. The molecule has 0 aromatic carbocycles. The van der Waals surface area contributed by atoms with Gasteiger partial charge in [-0.3, -0.25) is 0 Å². The third-order valence-corrected chi connectivity index (χ3v) is 1.59. The predicted molar refractivity (Wildman–Crippen MR) is 34.9 cm³/mol. The summed E-state index contributed by atoms with van der Waals surface area (Å²) >= 11 is 1.16. The summed E-state index contributed by atoms with van der Waals surface area (Å²) in [5.41, 5.74) is 0. The van der Waals surface area contributed by atoms with Crippen LogP contribution in [0.4, 0.5) is 0 Å². The minimum Gasteiger partial charge on any atom is -0.309 e. The van der Waals surface area contributed by atoms with E-state index in [4.69, 9.17) is 11.8 Å². The average Bonchev–Trinajstić information content (AvgIpc) is 2.37. The van der Waals surface area contributed by atoms with Gasteiger partial charge in [0.1, 0.15) is 6.07 Å². The molecule has 0 aliphatic heterocycles. The van der Waals surface area contributed by atoms with Crippen LogP contribution < -0.4 is 0 Å². The number of rotatable bonds is 1. The topological polar surface area (TPSA) is 53.9 Å². The van der Waals surface area contributed by atoms with Crippen molar-refractivity contribution < 1.29 is 0 Å². The molecule has 0 saturated heterocycles. The first-order valence-electron chi connectivity index (χ1n) is 2.42. The minimum absolute atomic E-state index is 0.222. The molecule has 0 unspecified atom stereocenters. The van der Waals surface area contributed by atoms with E-state index in [1.54, 1.807) is 0 Å². The highest BCUT2D eigenvalue weighted by molar-refractivity contribution is 7.11. The Morgan fingerprint density at radius 1 is 1.70 bits per heavy atom. The molecule has 0 radical (unpaired) electrons. The van der Waals surface area contributed by atoms with E-state index in [1.165, 1.54) is 0 Å². The highest BCUT2D eigenvalue weighted by Crippen LogP contribution is 2.08. The van der Waals surface area contributed by atoms with Crippen molar-refractivity contribution in [2.24, 2.45) is 0 Å². The van der Waals surface area contributed by atoms with Gasteiger partial charge in [-0.2, -0.15) is 5.26 Å². The number of nitriles is 1. The van der Waals surface area contributed by atoms with Gasteiger partial charge in [0.05, 0.1) is 0 Å². The standard InChI is InChI=1S/C5H2N4S/c1-7-3-5-9-8-4(2-6)10-5/h3H2. The molecule has 0 spiro atoms. The number of nitrogens with zero attached hydrogens (tertiary/aromatic N) is 4. The fraction of sp³-hybridized carbons (Fsp3) is 0.200. The Kier molecular flexibility index (Phi) is 1.93. The summed E-state index contributed by atoms with van der Waals surface area (Å²) in [6.07, 6.45) is 0. The Morgan fingerprint density at radius 3 is 3.00 bits per heavy atom. The van der Waals surface area contributed by atoms with Crippen LogP contribution in [0.2, 0.25) is 0 Å². The number of hydrogen-bond acceptors (Lipinski definition) is 4. The first kappa shape index (κ1) is 6.66. The van der Waals surface area contributed by atoms with E-state index < -0.39 is 0 Å². The van der Waals surface area contributed by atoms with Gasteiger partial charge >= 0.3 is 0 Å². The first-order chi connectivity index (χ1) is 4.86. The molecule has 0 N–H and O–H groups in total. The maximum atomic E-state index is 8.30. The molecule has 0 aliphatic rings. The zero-order chi connectivity index (χ0) is 7.40. The number of aromatic nitrogens is 2. The number of hydrogen-bond donors (Lipinski definition) is 0. The van der Waals surface area contributed by atoms with Crippen LogP contribution in [0.25, 0.3) is 4.85 Å². The molecule has 0 fully saturated rings. The van der Waals surface area contributed by atoms with Gasteiger partial charge in [0.2, 0.25) is 5.01 Å². The van der Waals surface area contributed by atoms with Gasteiger partial charge in [0, 0.05) is 0 Å². The SMILES string of the molecule is [C-]#[N+]Cc1nnc(C#N)s1. The summed E-state index contributed by atoms with van der Waals surface area (Å²) in [5, 5.41) is 16.3. The Bertz CT molecular complexity index is 302. The lowest BCUT2D eigenvalue weighted by Crippen LogP contribution is -1.75. The average molecular weight is 150 g/mol. The lowest BCUT2D eigenvalue weighted by Gasteiger charge is -1.71. The minimum atomic E-state index is 0.222. The normalized spacial score (nSPS) is 8.20. The summed E-state index contributed by atoms with van der Waals surface area (Å²) in [7, 11) is 0. The zero-order valence-corrected chi connectivity index (χ0v) is 5.72. The van der Waals surface area contributed by atoms with Crippen molar-refractivity contribution >= 4 is 11.3 Å². The van der Waals surface area contributed by atoms with Crippen LogP contribution in [0.5, 0.6) is 0 Å². The molecule has 1 rings (SSSR count). The Balaban J connectivity index is 2.83. The van der Waals surface area contributed by atoms with E-state index in [9.17, 15) is 0 Å². The van der Waals surface area contributed by atoms with Crippen molar-refractivity contribution in [2.75, 3.05) is 0 Å². The molecule has 0 bridgehead atoms.